The number of aryl methyl sites for hydroxylation is 1. The quantitative estimate of drug-likeness (QED) is 0.554. The third-order valence-corrected chi connectivity index (χ3v) is 10.1. The van der Waals surface area contributed by atoms with Crippen LogP contribution in [0.4, 0.5) is 0 Å². The van der Waals surface area contributed by atoms with Crippen molar-refractivity contribution in [2.24, 2.45) is 40.4 Å². The normalized spacial score (nSPS) is 39.5. The summed E-state index contributed by atoms with van der Waals surface area (Å²) in [7, 11) is 0. The Bertz CT molecular complexity index is 814. The molecule has 0 radical (unpaired) electrons. The Kier molecular flexibility index (Phi) is 4.11. The zero-order valence-electron chi connectivity index (χ0n) is 18.5. The average molecular weight is 379 g/mol. The Hall–Kier alpha value is -1.24. The molecule has 0 spiro atoms. The van der Waals surface area contributed by atoms with Gasteiger partial charge in [0.25, 0.3) is 0 Å². The summed E-state index contributed by atoms with van der Waals surface area (Å²) in [6.45, 7) is 12.3. The average Bonchev–Trinajstić information content (AvgIpc) is 2.67. The number of phenols is 1. The predicted molar refractivity (Wildman–Crippen MR) is 116 cm³/mol. The van der Waals surface area contributed by atoms with Crippen LogP contribution in [0.15, 0.2) is 29.8 Å². The van der Waals surface area contributed by atoms with E-state index >= 15 is 0 Å². The van der Waals surface area contributed by atoms with Crippen LogP contribution in [0.3, 0.4) is 0 Å². The van der Waals surface area contributed by atoms with Gasteiger partial charge in [-0.05, 0) is 102 Å². The Balaban J connectivity index is 1.31. The standard InChI is InChI=1S/C27H38O/c1-16-21(13-20-15-23(16)27(20,4)5)22-12-17(7-11-25(22)28)6-8-18-9-10-19-14-24(18)26(19,2)3/h7,9,11-12,16,19-21,23-24,28H,6,8,10,13-15H2,1-5H3. The van der Waals surface area contributed by atoms with Gasteiger partial charge in [-0.1, -0.05) is 58.4 Å². The molecule has 0 heterocycles. The summed E-state index contributed by atoms with van der Waals surface area (Å²) in [6.07, 6.45) is 10.2. The second-order valence-corrected chi connectivity index (χ2v) is 11.8. The molecule has 4 saturated carbocycles. The SMILES string of the molecule is CC1C(c2cc(CCC3=CCC4CC3C4(C)C)ccc2O)CC2CC1C2(C)C. The maximum atomic E-state index is 10.7. The molecule has 6 aliphatic carbocycles. The van der Waals surface area contributed by atoms with Crippen molar-refractivity contribution in [3.05, 3.63) is 41.0 Å². The minimum absolute atomic E-state index is 0.504. The second-order valence-electron chi connectivity index (χ2n) is 11.8. The maximum absolute atomic E-state index is 10.7. The van der Waals surface area contributed by atoms with Crippen LogP contribution < -0.4 is 0 Å². The van der Waals surface area contributed by atoms with Gasteiger partial charge in [0.05, 0.1) is 0 Å². The first kappa shape index (κ1) is 18.8. The molecule has 152 valence electrons. The number of phenolic OH excluding ortho intramolecular Hbond substituents is 1. The molecule has 1 nitrogen and oxygen atoms in total. The lowest BCUT2D eigenvalue weighted by Crippen LogP contribution is -2.54. The molecular formula is C27H38O. The van der Waals surface area contributed by atoms with Crippen molar-refractivity contribution < 1.29 is 5.11 Å². The van der Waals surface area contributed by atoms with Gasteiger partial charge in [0.2, 0.25) is 0 Å². The Morgan fingerprint density at radius 3 is 2.39 bits per heavy atom. The van der Waals surface area contributed by atoms with E-state index in [1.165, 1.54) is 43.2 Å². The van der Waals surface area contributed by atoms with Crippen LogP contribution in [-0.2, 0) is 6.42 Å². The Morgan fingerprint density at radius 2 is 1.75 bits per heavy atom. The molecule has 1 heteroatoms. The molecule has 28 heavy (non-hydrogen) atoms. The summed E-state index contributed by atoms with van der Waals surface area (Å²) >= 11 is 0. The summed E-state index contributed by atoms with van der Waals surface area (Å²) < 4.78 is 0. The number of hydrogen-bond donors (Lipinski definition) is 1. The van der Waals surface area contributed by atoms with E-state index in [1.807, 2.05) is 6.07 Å². The lowest BCUT2D eigenvalue weighted by atomic mass is 9.43. The molecule has 0 aliphatic heterocycles. The molecule has 1 N–H and O–H groups in total. The number of fused-ring (bicyclic) bond motifs is 3. The zero-order valence-corrected chi connectivity index (χ0v) is 18.5. The lowest BCUT2D eigenvalue weighted by Gasteiger charge is -2.62. The molecule has 1 aromatic carbocycles. The summed E-state index contributed by atoms with van der Waals surface area (Å²) in [5.74, 6) is 5.13. The van der Waals surface area contributed by atoms with Gasteiger partial charge in [-0.3, -0.25) is 0 Å². The molecule has 7 rings (SSSR count). The lowest BCUT2D eigenvalue weighted by molar-refractivity contribution is -0.110. The van der Waals surface area contributed by atoms with E-state index in [1.54, 1.807) is 5.57 Å². The molecular weight excluding hydrogens is 340 g/mol. The van der Waals surface area contributed by atoms with E-state index in [-0.39, 0.29) is 0 Å². The Labute approximate surface area is 171 Å². The van der Waals surface area contributed by atoms with Crippen LogP contribution in [0.5, 0.6) is 5.75 Å². The van der Waals surface area contributed by atoms with Crippen LogP contribution in [-0.4, -0.2) is 5.11 Å². The molecule has 1 aromatic rings. The van der Waals surface area contributed by atoms with E-state index in [0.29, 0.717) is 28.4 Å². The van der Waals surface area contributed by atoms with Crippen molar-refractivity contribution >= 4 is 0 Å². The number of rotatable bonds is 4. The fraction of sp³-hybridized carbons (Fsp3) is 0.704. The monoisotopic (exact) mass is 378 g/mol. The highest BCUT2D eigenvalue weighted by Gasteiger charge is 2.56. The van der Waals surface area contributed by atoms with Gasteiger partial charge in [-0.25, -0.2) is 0 Å². The number of allylic oxidation sites excluding steroid dienone is 2. The predicted octanol–water partition coefficient (Wildman–Crippen LogP) is 7.10. The van der Waals surface area contributed by atoms with Crippen LogP contribution in [0.25, 0.3) is 0 Å². The van der Waals surface area contributed by atoms with Crippen LogP contribution in [0.2, 0.25) is 0 Å². The highest BCUT2D eigenvalue weighted by Crippen LogP contribution is 2.65. The summed E-state index contributed by atoms with van der Waals surface area (Å²) in [6, 6.07) is 6.49. The smallest absolute Gasteiger partial charge is 0.119 e. The van der Waals surface area contributed by atoms with Crippen LogP contribution >= 0.6 is 0 Å². The van der Waals surface area contributed by atoms with E-state index in [9.17, 15) is 5.11 Å². The van der Waals surface area contributed by atoms with Gasteiger partial charge in [0, 0.05) is 0 Å². The van der Waals surface area contributed by atoms with Crippen molar-refractivity contribution in [2.45, 2.75) is 79.1 Å². The molecule has 6 unspecified atom stereocenters. The Morgan fingerprint density at radius 1 is 0.964 bits per heavy atom. The number of aromatic hydroxyl groups is 1. The molecule has 4 fully saturated rings. The van der Waals surface area contributed by atoms with Gasteiger partial charge in [0.1, 0.15) is 5.75 Å². The molecule has 0 aromatic heterocycles. The largest absolute Gasteiger partial charge is 0.508 e. The zero-order chi connectivity index (χ0) is 19.8. The molecule has 6 atom stereocenters. The van der Waals surface area contributed by atoms with Crippen LogP contribution in [0.1, 0.15) is 83.8 Å². The fourth-order valence-electron chi connectivity index (χ4n) is 7.66. The van der Waals surface area contributed by atoms with Gasteiger partial charge in [0.15, 0.2) is 0 Å². The van der Waals surface area contributed by atoms with E-state index in [4.69, 9.17) is 0 Å². The van der Waals surface area contributed by atoms with Crippen molar-refractivity contribution in [3.8, 4) is 5.75 Å². The number of hydrogen-bond acceptors (Lipinski definition) is 1. The third kappa shape index (κ3) is 2.57. The van der Waals surface area contributed by atoms with E-state index in [2.05, 4.69) is 52.8 Å². The molecule has 0 saturated heterocycles. The second kappa shape index (κ2) is 6.13. The first-order valence-corrected chi connectivity index (χ1v) is 11.7. The third-order valence-electron chi connectivity index (χ3n) is 10.1. The van der Waals surface area contributed by atoms with E-state index in [0.717, 1.165) is 30.1 Å². The fourth-order valence-corrected chi connectivity index (χ4v) is 7.66. The van der Waals surface area contributed by atoms with Gasteiger partial charge < -0.3 is 5.11 Å². The van der Waals surface area contributed by atoms with Crippen molar-refractivity contribution in [1.29, 1.82) is 0 Å². The first-order chi connectivity index (χ1) is 13.2. The molecule has 6 aliphatic rings. The first-order valence-electron chi connectivity index (χ1n) is 11.7. The molecule has 0 amide bonds. The summed E-state index contributed by atoms with van der Waals surface area (Å²) in [5, 5.41) is 10.7. The van der Waals surface area contributed by atoms with Gasteiger partial charge in [-0.15, -0.1) is 0 Å². The minimum Gasteiger partial charge on any atom is -0.508 e. The minimum atomic E-state index is 0.504. The molecule has 4 bridgehead atoms. The topological polar surface area (TPSA) is 20.2 Å². The van der Waals surface area contributed by atoms with Crippen molar-refractivity contribution in [1.82, 2.24) is 0 Å². The number of benzene rings is 1. The highest BCUT2D eigenvalue weighted by atomic mass is 16.3. The van der Waals surface area contributed by atoms with Crippen LogP contribution in [0, 0.1) is 40.4 Å². The highest BCUT2D eigenvalue weighted by molar-refractivity contribution is 5.41. The summed E-state index contributed by atoms with van der Waals surface area (Å²) in [5.41, 5.74) is 5.38. The van der Waals surface area contributed by atoms with Crippen molar-refractivity contribution in [3.63, 3.8) is 0 Å². The van der Waals surface area contributed by atoms with Gasteiger partial charge in [-0.2, -0.15) is 0 Å². The summed E-state index contributed by atoms with van der Waals surface area (Å²) in [4.78, 5) is 0. The van der Waals surface area contributed by atoms with Crippen molar-refractivity contribution in [2.75, 3.05) is 0 Å². The van der Waals surface area contributed by atoms with Gasteiger partial charge >= 0.3 is 0 Å². The maximum Gasteiger partial charge on any atom is 0.119 e. The van der Waals surface area contributed by atoms with E-state index < -0.39 is 0 Å².